The molecule has 0 heterocycles. The molecule has 0 bridgehead atoms. The number of hydrogen-bond donors (Lipinski definition) is 3. The molecule has 1 aromatic rings. The Labute approximate surface area is 122 Å². The minimum atomic E-state index is -3.44. The summed E-state index contributed by atoms with van der Waals surface area (Å²) in [6.07, 6.45) is 2.59. The number of para-hydroxylation sites is 1. The summed E-state index contributed by atoms with van der Waals surface area (Å²) in [5.74, 6) is 0. The third-order valence-corrected chi connectivity index (χ3v) is 4.39. The average Bonchev–Trinajstić information content (AvgIpc) is 2.41. The number of nitrogens with two attached hydrogens (primary N) is 1. The average molecular weight is 299 g/mol. The molecule has 0 saturated heterocycles. The molecule has 20 heavy (non-hydrogen) atoms. The topological polar surface area (TPSA) is 84.2 Å². The maximum Gasteiger partial charge on any atom is 0.242 e. The summed E-state index contributed by atoms with van der Waals surface area (Å²) < 4.78 is 26.9. The van der Waals surface area contributed by atoms with Crippen molar-refractivity contribution in [2.75, 3.05) is 18.4 Å². The zero-order valence-electron chi connectivity index (χ0n) is 12.2. The number of benzene rings is 1. The third-order valence-electron chi connectivity index (χ3n) is 2.87. The summed E-state index contributed by atoms with van der Waals surface area (Å²) in [5, 5.41) is 3.18. The molecule has 0 aromatic heterocycles. The Morgan fingerprint density at radius 2 is 1.95 bits per heavy atom. The first kappa shape index (κ1) is 16.9. The molecule has 0 radical (unpaired) electrons. The molecule has 0 saturated carbocycles. The van der Waals surface area contributed by atoms with Crippen molar-refractivity contribution in [2.45, 2.75) is 44.0 Å². The van der Waals surface area contributed by atoms with Gasteiger partial charge in [0, 0.05) is 19.1 Å². The van der Waals surface area contributed by atoms with Crippen molar-refractivity contribution >= 4 is 15.7 Å². The summed E-state index contributed by atoms with van der Waals surface area (Å²) >= 11 is 0. The Morgan fingerprint density at radius 1 is 1.25 bits per heavy atom. The molecule has 0 aliphatic heterocycles. The van der Waals surface area contributed by atoms with E-state index in [1.807, 2.05) is 19.9 Å². The van der Waals surface area contributed by atoms with Crippen LogP contribution in [0.2, 0.25) is 0 Å². The maximum absolute atomic E-state index is 12.2. The van der Waals surface area contributed by atoms with E-state index in [-0.39, 0.29) is 6.04 Å². The zero-order valence-corrected chi connectivity index (χ0v) is 13.0. The first-order valence-corrected chi connectivity index (χ1v) is 8.54. The zero-order chi connectivity index (χ0) is 15.0. The number of sulfonamides is 1. The van der Waals surface area contributed by atoms with E-state index in [9.17, 15) is 8.42 Å². The highest BCUT2D eigenvalue weighted by molar-refractivity contribution is 7.89. The molecule has 114 valence electrons. The Balaban J connectivity index is 2.73. The second-order valence-electron chi connectivity index (χ2n) is 4.94. The van der Waals surface area contributed by atoms with Crippen LogP contribution < -0.4 is 15.8 Å². The van der Waals surface area contributed by atoms with Crippen molar-refractivity contribution in [2.24, 2.45) is 5.73 Å². The van der Waals surface area contributed by atoms with Gasteiger partial charge in [-0.3, -0.25) is 0 Å². The van der Waals surface area contributed by atoms with Crippen molar-refractivity contribution in [3.05, 3.63) is 24.3 Å². The SMILES string of the molecule is CCCNS(=O)(=O)c1ccccc1NCCCC(C)N. The molecule has 0 amide bonds. The minimum Gasteiger partial charge on any atom is -0.384 e. The molecule has 1 atom stereocenters. The molecule has 0 aliphatic carbocycles. The van der Waals surface area contributed by atoms with Gasteiger partial charge in [0.05, 0.1) is 5.69 Å². The number of anilines is 1. The van der Waals surface area contributed by atoms with E-state index in [2.05, 4.69) is 10.0 Å². The van der Waals surface area contributed by atoms with Crippen molar-refractivity contribution in [3.8, 4) is 0 Å². The molecule has 4 N–H and O–H groups in total. The van der Waals surface area contributed by atoms with Crippen LogP contribution in [0.1, 0.15) is 33.1 Å². The summed E-state index contributed by atoms with van der Waals surface area (Å²) in [5.41, 5.74) is 6.33. The normalized spacial score (nSPS) is 13.2. The van der Waals surface area contributed by atoms with Crippen molar-refractivity contribution < 1.29 is 8.42 Å². The fraction of sp³-hybridized carbons (Fsp3) is 0.571. The predicted molar refractivity (Wildman–Crippen MR) is 83.3 cm³/mol. The lowest BCUT2D eigenvalue weighted by Gasteiger charge is -2.13. The van der Waals surface area contributed by atoms with E-state index in [4.69, 9.17) is 5.73 Å². The van der Waals surface area contributed by atoms with Crippen LogP contribution >= 0.6 is 0 Å². The molecular formula is C14H25N3O2S. The monoisotopic (exact) mass is 299 g/mol. The molecule has 6 heteroatoms. The standard InChI is InChI=1S/C14H25N3O2S/c1-3-10-17-20(18,19)14-9-5-4-8-13(14)16-11-6-7-12(2)15/h4-5,8-9,12,16-17H,3,6-7,10-11,15H2,1-2H3. The smallest absolute Gasteiger partial charge is 0.242 e. The van der Waals surface area contributed by atoms with Gasteiger partial charge in [-0.05, 0) is 38.3 Å². The van der Waals surface area contributed by atoms with Crippen LogP contribution in [-0.2, 0) is 10.0 Å². The first-order chi connectivity index (χ1) is 9.47. The second-order valence-corrected chi connectivity index (χ2v) is 6.68. The lowest BCUT2D eigenvalue weighted by atomic mass is 10.2. The van der Waals surface area contributed by atoms with Gasteiger partial charge in [0.2, 0.25) is 10.0 Å². The number of nitrogens with one attached hydrogen (secondary N) is 2. The lowest BCUT2D eigenvalue weighted by Crippen LogP contribution is -2.25. The van der Waals surface area contributed by atoms with Crippen LogP contribution in [0.3, 0.4) is 0 Å². The molecule has 0 aliphatic rings. The van der Waals surface area contributed by atoms with Gasteiger partial charge in [0.25, 0.3) is 0 Å². The van der Waals surface area contributed by atoms with Crippen molar-refractivity contribution in [3.63, 3.8) is 0 Å². The van der Waals surface area contributed by atoms with Crippen LogP contribution in [0.25, 0.3) is 0 Å². The van der Waals surface area contributed by atoms with E-state index < -0.39 is 10.0 Å². The molecule has 1 unspecified atom stereocenters. The van der Waals surface area contributed by atoms with Crippen molar-refractivity contribution in [1.29, 1.82) is 0 Å². The van der Waals surface area contributed by atoms with Crippen LogP contribution in [0.5, 0.6) is 0 Å². The Bertz CT molecular complexity index is 501. The van der Waals surface area contributed by atoms with Gasteiger partial charge in [-0.15, -0.1) is 0 Å². The molecule has 1 aromatic carbocycles. The first-order valence-electron chi connectivity index (χ1n) is 7.05. The van der Waals surface area contributed by atoms with E-state index in [1.165, 1.54) is 0 Å². The summed E-state index contributed by atoms with van der Waals surface area (Å²) in [6.45, 7) is 5.05. The van der Waals surface area contributed by atoms with Crippen LogP contribution in [-0.4, -0.2) is 27.5 Å². The maximum atomic E-state index is 12.2. The predicted octanol–water partition coefficient (Wildman–Crippen LogP) is 1.91. The Hall–Kier alpha value is -1.11. The van der Waals surface area contributed by atoms with Gasteiger partial charge in [-0.2, -0.15) is 0 Å². The van der Waals surface area contributed by atoms with Gasteiger partial charge in [-0.25, -0.2) is 13.1 Å². The molecule has 0 fully saturated rings. The summed E-state index contributed by atoms with van der Waals surface area (Å²) in [6, 6.07) is 7.13. The van der Waals surface area contributed by atoms with E-state index in [1.54, 1.807) is 18.2 Å². The highest BCUT2D eigenvalue weighted by Gasteiger charge is 2.16. The molecule has 1 rings (SSSR count). The van der Waals surface area contributed by atoms with Gasteiger partial charge in [-0.1, -0.05) is 19.1 Å². The minimum absolute atomic E-state index is 0.169. The van der Waals surface area contributed by atoms with E-state index in [0.717, 1.165) is 19.3 Å². The van der Waals surface area contributed by atoms with E-state index in [0.29, 0.717) is 23.7 Å². The second kappa shape index (κ2) is 8.24. The largest absolute Gasteiger partial charge is 0.384 e. The van der Waals surface area contributed by atoms with Gasteiger partial charge in [0.1, 0.15) is 4.90 Å². The molecular weight excluding hydrogens is 274 g/mol. The highest BCUT2D eigenvalue weighted by atomic mass is 32.2. The van der Waals surface area contributed by atoms with Crippen LogP contribution in [0, 0.1) is 0 Å². The van der Waals surface area contributed by atoms with Crippen molar-refractivity contribution in [1.82, 2.24) is 4.72 Å². The number of hydrogen-bond acceptors (Lipinski definition) is 4. The third kappa shape index (κ3) is 5.48. The summed E-state index contributed by atoms with van der Waals surface area (Å²) in [4.78, 5) is 0.300. The fourth-order valence-electron chi connectivity index (χ4n) is 1.81. The Kier molecular flexibility index (Phi) is 6.98. The van der Waals surface area contributed by atoms with E-state index >= 15 is 0 Å². The fourth-order valence-corrected chi connectivity index (χ4v) is 3.12. The lowest BCUT2D eigenvalue weighted by molar-refractivity contribution is 0.581. The number of rotatable bonds is 9. The molecule has 5 nitrogen and oxygen atoms in total. The van der Waals surface area contributed by atoms with Crippen LogP contribution in [0.4, 0.5) is 5.69 Å². The molecule has 0 spiro atoms. The Morgan fingerprint density at radius 3 is 2.60 bits per heavy atom. The summed E-state index contributed by atoms with van der Waals surface area (Å²) in [7, 11) is -3.44. The van der Waals surface area contributed by atoms with Crippen LogP contribution in [0.15, 0.2) is 29.2 Å². The highest BCUT2D eigenvalue weighted by Crippen LogP contribution is 2.20. The van der Waals surface area contributed by atoms with Gasteiger partial charge >= 0.3 is 0 Å². The quantitative estimate of drug-likeness (QED) is 0.608. The van der Waals surface area contributed by atoms with Gasteiger partial charge < -0.3 is 11.1 Å². The van der Waals surface area contributed by atoms with Gasteiger partial charge in [0.15, 0.2) is 0 Å².